The Bertz CT molecular complexity index is 846. The molecule has 0 bridgehead atoms. The number of thiophene rings is 1. The number of hydrogen-bond acceptors (Lipinski definition) is 5. The van der Waals surface area contributed by atoms with Gasteiger partial charge in [-0.25, -0.2) is 0 Å². The fraction of sp³-hybridized carbons (Fsp3) is 0.609. The van der Waals surface area contributed by atoms with Crippen LogP contribution < -0.4 is 10.2 Å². The van der Waals surface area contributed by atoms with Crippen molar-refractivity contribution >= 4 is 33.0 Å². The summed E-state index contributed by atoms with van der Waals surface area (Å²) in [6.45, 7) is 5.74. The summed E-state index contributed by atoms with van der Waals surface area (Å²) in [6.07, 6.45) is 5.60. The third-order valence-corrected chi connectivity index (χ3v) is 7.84. The molecule has 3 atom stereocenters. The normalized spacial score (nSPS) is 28.3. The summed E-state index contributed by atoms with van der Waals surface area (Å²) in [5, 5.41) is 6.76. The van der Waals surface area contributed by atoms with Crippen LogP contribution in [-0.4, -0.2) is 62.3 Å². The summed E-state index contributed by atoms with van der Waals surface area (Å²) in [5.74, 6) is 0.733. The first-order chi connectivity index (χ1) is 14.3. The van der Waals surface area contributed by atoms with Crippen LogP contribution in [0.4, 0.5) is 5.69 Å². The number of benzene rings is 1. The fourth-order valence-corrected chi connectivity index (χ4v) is 6.08. The van der Waals surface area contributed by atoms with E-state index >= 15 is 0 Å². The maximum Gasteiger partial charge on any atom is 0.249 e. The minimum Gasteiger partial charge on any atom is -0.368 e. The van der Waals surface area contributed by atoms with E-state index in [1.54, 1.807) is 0 Å². The topological polar surface area (TPSA) is 44.8 Å². The summed E-state index contributed by atoms with van der Waals surface area (Å²) >= 11 is 1.81. The van der Waals surface area contributed by atoms with Crippen molar-refractivity contribution in [2.24, 2.45) is 5.92 Å². The Morgan fingerprint density at radius 1 is 1.10 bits per heavy atom. The molecule has 5 nitrogen and oxygen atoms in total. The Morgan fingerprint density at radius 3 is 2.86 bits per heavy atom. The van der Waals surface area contributed by atoms with E-state index in [2.05, 4.69) is 44.8 Å². The molecule has 6 heteroatoms. The number of ether oxygens (including phenoxy) is 1. The molecule has 5 rings (SSSR count). The van der Waals surface area contributed by atoms with Gasteiger partial charge in [0, 0.05) is 54.5 Å². The molecule has 2 aliphatic heterocycles. The number of anilines is 1. The van der Waals surface area contributed by atoms with Crippen molar-refractivity contribution in [2.75, 3.05) is 44.2 Å². The Hall–Kier alpha value is -1.63. The zero-order valence-corrected chi connectivity index (χ0v) is 17.8. The minimum atomic E-state index is -0.244. The van der Waals surface area contributed by atoms with Gasteiger partial charge >= 0.3 is 0 Å². The molecule has 3 fully saturated rings. The molecule has 1 saturated carbocycles. The van der Waals surface area contributed by atoms with Gasteiger partial charge in [-0.05, 0) is 48.8 Å². The van der Waals surface area contributed by atoms with Gasteiger partial charge in [-0.2, -0.15) is 0 Å². The molecule has 29 heavy (non-hydrogen) atoms. The Kier molecular flexibility index (Phi) is 5.75. The smallest absolute Gasteiger partial charge is 0.249 e. The molecule has 156 valence electrons. The molecule has 1 amide bonds. The Balaban J connectivity index is 1.08. The molecule has 2 aromatic rings. The maximum absolute atomic E-state index is 12.4. The van der Waals surface area contributed by atoms with Crippen molar-refractivity contribution in [3.63, 3.8) is 0 Å². The third-order valence-electron chi connectivity index (χ3n) is 6.96. The number of hydrogen-bond donors (Lipinski definition) is 1. The highest BCUT2D eigenvalue weighted by Gasteiger charge is 2.37. The molecule has 0 radical (unpaired) electrons. The summed E-state index contributed by atoms with van der Waals surface area (Å²) in [4.78, 5) is 17.3. The predicted octanol–water partition coefficient (Wildman–Crippen LogP) is 3.49. The third kappa shape index (κ3) is 4.16. The van der Waals surface area contributed by atoms with Gasteiger partial charge in [0.2, 0.25) is 5.91 Å². The van der Waals surface area contributed by atoms with Crippen molar-refractivity contribution in [1.29, 1.82) is 0 Å². The van der Waals surface area contributed by atoms with Crippen molar-refractivity contribution in [3.8, 4) is 0 Å². The molecule has 1 aliphatic carbocycles. The first-order valence-corrected chi connectivity index (χ1v) is 12.0. The summed E-state index contributed by atoms with van der Waals surface area (Å²) in [5.41, 5.74) is 1.36. The van der Waals surface area contributed by atoms with Gasteiger partial charge < -0.3 is 15.0 Å². The quantitative estimate of drug-likeness (QED) is 0.815. The first-order valence-electron chi connectivity index (χ1n) is 11.1. The van der Waals surface area contributed by atoms with E-state index in [9.17, 15) is 4.79 Å². The van der Waals surface area contributed by atoms with Gasteiger partial charge in [0.25, 0.3) is 0 Å². The lowest BCUT2D eigenvalue weighted by molar-refractivity contribution is -0.140. The minimum absolute atomic E-state index is 0.113. The van der Waals surface area contributed by atoms with E-state index in [1.165, 1.54) is 35.0 Å². The van der Waals surface area contributed by atoms with Crippen LogP contribution in [-0.2, 0) is 9.53 Å². The van der Waals surface area contributed by atoms with E-state index in [1.807, 2.05) is 11.3 Å². The number of piperazine rings is 1. The molecular weight excluding hydrogens is 382 g/mol. The molecule has 1 aromatic heterocycles. The van der Waals surface area contributed by atoms with E-state index in [4.69, 9.17) is 4.74 Å². The van der Waals surface area contributed by atoms with Crippen LogP contribution >= 0.6 is 11.3 Å². The standard InChI is InChI=1S/C23H31N3O2S/c27-23-21(16-17-4-1-2-5-19(17)24-23)28-14-13-25-9-11-26(12-10-25)20-6-3-7-22-18(20)8-15-29-22/h3,6-8,15,17,19,21H,1-2,4-5,9-14,16H2,(H,24,27). The van der Waals surface area contributed by atoms with Crippen molar-refractivity contribution < 1.29 is 9.53 Å². The number of amides is 1. The second kappa shape index (κ2) is 8.62. The second-order valence-electron chi connectivity index (χ2n) is 8.69. The monoisotopic (exact) mass is 413 g/mol. The van der Waals surface area contributed by atoms with Crippen LogP contribution in [0.5, 0.6) is 0 Å². The van der Waals surface area contributed by atoms with Gasteiger partial charge in [-0.1, -0.05) is 18.9 Å². The lowest BCUT2D eigenvalue weighted by Crippen LogP contribution is -2.54. The van der Waals surface area contributed by atoms with Crippen LogP contribution in [0.2, 0.25) is 0 Å². The second-order valence-corrected chi connectivity index (χ2v) is 9.64. The van der Waals surface area contributed by atoms with Crippen LogP contribution in [0.1, 0.15) is 32.1 Å². The molecule has 2 saturated heterocycles. The van der Waals surface area contributed by atoms with Gasteiger partial charge in [-0.3, -0.25) is 9.69 Å². The fourth-order valence-electron chi connectivity index (χ4n) is 5.27. The number of nitrogens with zero attached hydrogens (tertiary/aromatic N) is 2. The highest BCUT2D eigenvalue weighted by Crippen LogP contribution is 2.32. The SMILES string of the molecule is O=C1NC2CCCCC2CC1OCCN1CCN(c2cccc3sccc23)CC1. The molecule has 0 spiro atoms. The predicted molar refractivity (Wildman–Crippen MR) is 119 cm³/mol. The number of carbonyl (C=O) groups excluding carboxylic acids is 1. The average molecular weight is 414 g/mol. The van der Waals surface area contributed by atoms with Crippen molar-refractivity contribution in [3.05, 3.63) is 29.6 Å². The maximum atomic E-state index is 12.4. The van der Waals surface area contributed by atoms with Crippen LogP contribution in [0.15, 0.2) is 29.6 Å². The lowest BCUT2D eigenvalue weighted by Gasteiger charge is -2.39. The molecule has 3 heterocycles. The van der Waals surface area contributed by atoms with Gasteiger partial charge in [0.1, 0.15) is 6.10 Å². The first kappa shape index (κ1) is 19.3. The van der Waals surface area contributed by atoms with Gasteiger partial charge in [0.15, 0.2) is 0 Å². The summed E-state index contributed by atoms with van der Waals surface area (Å²) < 4.78 is 7.40. The number of piperidine rings is 1. The van der Waals surface area contributed by atoms with Crippen LogP contribution in [0.25, 0.3) is 10.1 Å². The van der Waals surface area contributed by atoms with E-state index in [0.717, 1.165) is 45.6 Å². The zero-order valence-electron chi connectivity index (χ0n) is 17.0. The Morgan fingerprint density at radius 2 is 1.97 bits per heavy atom. The zero-order chi connectivity index (χ0) is 19.6. The average Bonchev–Trinajstić information content (AvgIpc) is 3.24. The molecule has 1 N–H and O–H groups in total. The number of rotatable bonds is 5. The highest BCUT2D eigenvalue weighted by atomic mass is 32.1. The molecular formula is C23H31N3O2S. The largest absolute Gasteiger partial charge is 0.368 e. The summed E-state index contributed by atoms with van der Waals surface area (Å²) in [7, 11) is 0. The van der Waals surface area contributed by atoms with E-state index in [-0.39, 0.29) is 12.0 Å². The van der Waals surface area contributed by atoms with Crippen LogP contribution in [0.3, 0.4) is 0 Å². The Labute approximate surface area is 177 Å². The number of carbonyl (C=O) groups is 1. The van der Waals surface area contributed by atoms with Gasteiger partial charge in [0.05, 0.1) is 6.61 Å². The van der Waals surface area contributed by atoms with Crippen molar-refractivity contribution in [2.45, 2.75) is 44.2 Å². The number of nitrogens with one attached hydrogen (secondary N) is 1. The van der Waals surface area contributed by atoms with Gasteiger partial charge in [-0.15, -0.1) is 11.3 Å². The highest BCUT2D eigenvalue weighted by molar-refractivity contribution is 7.17. The summed E-state index contributed by atoms with van der Waals surface area (Å²) in [6, 6.07) is 9.25. The number of fused-ring (bicyclic) bond motifs is 2. The van der Waals surface area contributed by atoms with Crippen molar-refractivity contribution in [1.82, 2.24) is 10.2 Å². The van der Waals surface area contributed by atoms with Crippen LogP contribution in [0, 0.1) is 5.92 Å². The lowest BCUT2D eigenvalue weighted by atomic mass is 9.78. The van der Waals surface area contributed by atoms with E-state index < -0.39 is 0 Å². The van der Waals surface area contributed by atoms with E-state index in [0.29, 0.717) is 18.6 Å². The molecule has 1 aromatic carbocycles. The molecule has 3 aliphatic rings. The molecule has 3 unspecified atom stereocenters.